The van der Waals surface area contributed by atoms with Crippen LogP contribution in [0.15, 0.2) is 66.7 Å². The van der Waals surface area contributed by atoms with Crippen LogP contribution in [0.25, 0.3) is 0 Å². The maximum atomic E-state index is 12.5. The second-order valence-corrected chi connectivity index (χ2v) is 13.1. The van der Waals surface area contributed by atoms with Crippen molar-refractivity contribution in [2.45, 2.75) is 50.9 Å². The summed E-state index contributed by atoms with van der Waals surface area (Å²) >= 11 is 0. The molecular weight excluding hydrogens is 666 g/mol. The van der Waals surface area contributed by atoms with E-state index in [1.54, 1.807) is 15.9 Å². The summed E-state index contributed by atoms with van der Waals surface area (Å²) in [4.78, 5) is 42.1. The molecule has 2 aliphatic rings. The molecule has 3 aromatic rings. The van der Waals surface area contributed by atoms with E-state index >= 15 is 0 Å². The molecule has 4 amide bonds. The minimum atomic E-state index is -0.871. The van der Waals surface area contributed by atoms with Crippen molar-refractivity contribution in [1.82, 2.24) is 25.3 Å². The standard InChI is InChI=1S/C20H24N2O3.C18H29N5O4/c21-13-15-2-1-3-17(10-15)16-6-8-22(9-7-16)20(25)12-14-4-5-18(23)19(24)11-14;19-9-14-1-3-15(4-2-14)10-21-18(27)23-7-5-22(6-8-23)17(26)12-20-11-16(25)13-24/h1-5,10-11,16,23-24H,6-9,12-13,21H2;1-4,16,20,24-25H,5-13,19H2,(H,21,27). The second-order valence-electron chi connectivity index (χ2n) is 13.1. The van der Waals surface area contributed by atoms with Crippen LogP contribution in [0.5, 0.6) is 11.5 Å². The molecule has 0 aromatic heterocycles. The number of phenols is 2. The van der Waals surface area contributed by atoms with E-state index in [2.05, 4.69) is 22.8 Å². The number of nitrogens with zero attached hydrogens (tertiary/aromatic N) is 3. The number of nitrogens with one attached hydrogen (secondary N) is 2. The molecule has 2 fully saturated rings. The van der Waals surface area contributed by atoms with E-state index in [-0.39, 0.29) is 55.5 Å². The van der Waals surface area contributed by atoms with Gasteiger partial charge in [-0.3, -0.25) is 9.59 Å². The van der Waals surface area contributed by atoms with Gasteiger partial charge in [0.25, 0.3) is 0 Å². The summed E-state index contributed by atoms with van der Waals surface area (Å²) in [7, 11) is 0. The van der Waals surface area contributed by atoms with Gasteiger partial charge in [-0.2, -0.15) is 0 Å². The molecule has 2 saturated heterocycles. The van der Waals surface area contributed by atoms with E-state index < -0.39 is 6.10 Å². The van der Waals surface area contributed by atoms with Gasteiger partial charge in [0, 0.05) is 65.4 Å². The summed E-state index contributed by atoms with van der Waals surface area (Å²) in [6, 6.07) is 20.5. The Morgan fingerprint density at radius 2 is 1.35 bits per heavy atom. The van der Waals surface area contributed by atoms with Gasteiger partial charge in [-0.1, -0.05) is 54.6 Å². The first kappa shape index (κ1) is 40.0. The van der Waals surface area contributed by atoms with Gasteiger partial charge in [-0.05, 0) is 58.7 Å². The number of benzene rings is 3. The molecule has 0 aliphatic carbocycles. The topological polar surface area (TPSA) is 218 Å². The average molecular weight is 720 g/mol. The largest absolute Gasteiger partial charge is 0.504 e. The van der Waals surface area contributed by atoms with Crippen molar-refractivity contribution in [3.8, 4) is 11.5 Å². The lowest BCUT2D eigenvalue weighted by Crippen LogP contribution is -2.54. The van der Waals surface area contributed by atoms with E-state index in [1.807, 2.05) is 41.3 Å². The Kier molecular flexibility index (Phi) is 15.7. The molecule has 14 nitrogen and oxygen atoms in total. The molecular formula is C38H53N7O7. The highest BCUT2D eigenvalue weighted by molar-refractivity contribution is 5.80. The van der Waals surface area contributed by atoms with Gasteiger partial charge in [0.15, 0.2) is 11.5 Å². The highest BCUT2D eigenvalue weighted by Crippen LogP contribution is 2.29. The third kappa shape index (κ3) is 12.2. The molecule has 2 heterocycles. The Labute approximate surface area is 305 Å². The molecule has 14 heteroatoms. The molecule has 0 saturated carbocycles. The zero-order valence-electron chi connectivity index (χ0n) is 29.6. The third-order valence-corrected chi connectivity index (χ3v) is 9.39. The summed E-state index contributed by atoms with van der Waals surface area (Å²) in [5.74, 6) is 0.0771. The lowest BCUT2D eigenvalue weighted by Gasteiger charge is -2.34. The number of amides is 4. The minimum Gasteiger partial charge on any atom is -0.504 e. The molecule has 3 aromatic carbocycles. The molecule has 52 heavy (non-hydrogen) atoms. The van der Waals surface area contributed by atoms with Gasteiger partial charge in [-0.25, -0.2) is 4.79 Å². The molecule has 1 unspecified atom stereocenters. The molecule has 2 aliphatic heterocycles. The average Bonchev–Trinajstić information content (AvgIpc) is 3.18. The van der Waals surface area contributed by atoms with Crippen LogP contribution in [0.1, 0.15) is 46.6 Å². The van der Waals surface area contributed by atoms with Crippen molar-refractivity contribution >= 4 is 17.8 Å². The smallest absolute Gasteiger partial charge is 0.317 e. The van der Waals surface area contributed by atoms with Crippen LogP contribution >= 0.6 is 0 Å². The number of aliphatic hydroxyl groups excluding tert-OH is 2. The number of piperazine rings is 1. The van der Waals surface area contributed by atoms with Gasteiger partial charge in [-0.15, -0.1) is 0 Å². The number of aliphatic hydroxyl groups is 2. The maximum absolute atomic E-state index is 12.5. The summed E-state index contributed by atoms with van der Waals surface area (Å²) in [6.45, 7) is 4.78. The number of aromatic hydroxyl groups is 2. The van der Waals surface area contributed by atoms with Crippen LogP contribution < -0.4 is 22.1 Å². The highest BCUT2D eigenvalue weighted by atomic mass is 16.3. The molecule has 5 rings (SSSR count). The Bertz CT molecular complexity index is 1590. The maximum Gasteiger partial charge on any atom is 0.317 e. The van der Waals surface area contributed by atoms with Gasteiger partial charge in [0.05, 0.1) is 25.7 Å². The molecule has 1 atom stereocenters. The zero-order chi connectivity index (χ0) is 37.5. The van der Waals surface area contributed by atoms with Crippen molar-refractivity contribution in [1.29, 1.82) is 0 Å². The Balaban J connectivity index is 0.000000233. The van der Waals surface area contributed by atoms with Gasteiger partial charge >= 0.3 is 6.03 Å². The van der Waals surface area contributed by atoms with Crippen molar-refractivity contribution in [3.63, 3.8) is 0 Å². The monoisotopic (exact) mass is 719 g/mol. The van der Waals surface area contributed by atoms with Crippen LogP contribution in [0.3, 0.4) is 0 Å². The number of phenolic OH excluding ortho intramolecular Hbond substituents is 2. The lowest BCUT2D eigenvalue weighted by atomic mass is 9.88. The summed E-state index contributed by atoms with van der Waals surface area (Å²) in [5, 5.41) is 42.6. The quantitative estimate of drug-likeness (QED) is 0.124. The first-order valence-electron chi connectivity index (χ1n) is 17.8. The van der Waals surface area contributed by atoms with Crippen LogP contribution in [0, 0.1) is 0 Å². The zero-order valence-corrected chi connectivity index (χ0v) is 29.6. The van der Waals surface area contributed by atoms with Crippen molar-refractivity contribution in [2.24, 2.45) is 11.5 Å². The number of likely N-dealkylation sites (tertiary alicyclic amines) is 1. The fourth-order valence-electron chi connectivity index (χ4n) is 6.17. The number of hydrogen-bond acceptors (Lipinski definition) is 10. The lowest BCUT2D eigenvalue weighted by molar-refractivity contribution is -0.132. The Hall–Kier alpha value is -4.73. The number of rotatable bonds is 12. The van der Waals surface area contributed by atoms with Gasteiger partial charge < -0.3 is 57.2 Å². The first-order valence-corrected chi connectivity index (χ1v) is 17.8. The van der Waals surface area contributed by atoms with Crippen molar-refractivity contribution in [2.75, 3.05) is 59.0 Å². The Morgan fingerprint density at radius 1 is 0.731 bits per heavy atom. The van der Waals surface area contributed by atoms with E-state index in [4.69, 9.17) is 16.6 Å². The van der Waals surface area contributed by atoms with E-state index in [0.717, 1.165) is 42.6 Å². The van der Waals surface area contributed by atoms with Crippen molar-refractivity contribution < 1.29 is 34.8 Å². The fraction of sp³-hybridized carbons (Fsp3) is 0.447. The molecule has 282 valence electrons. The summed E-state index contributed by atoms with van der Waals surface area (Å²) in [6.07, 6.45) is 1.26. The van der Waals surface area contributed by atoms with Crippen molar-refractivity contribution in [3.05, 3.63) is 94.5 Å². The SMILES string of the molecule is NCc1ccc(CNC(=O)N2CCN(C(=O)CNCC(O)CO)CC2)cc1.NCc1cccc(C2CCN(C(=O)Cc3ccc(O)c(O)c3)CC2)c1. The van der Waals surface area contributed by atoms with Crippen LogP contribution in [0.2, 0.25) is 0 Å². The predicted octanol–water partition coefficient (Wildman–Crippen LogP) is 0.947. The van der Waals surface area contributed by atoms with Gasteiger partial charge in [0.2, 0.25) is 11.8 Å². The fourth-order valence-corrected chi connectivity index (χ4v) is 6.17. The number of hydrogen-bond donors (Lipinski definition) is 8. The second kappa shape index (κ2) is 20.3. The molecule has 0 bridgehead atoms. The number of carbonyl (C=O) groups excluding carboxylic acids is 3. The summed E-state index contributed by atoms with van der Waals surface area (Å²) < 4.78 is 0. The predicted molar refractivity (Wildman–Crippen MR) is 197 cm³/mol. The highest BCUT2D eigenvalue weighted by Gasteiger charge is 2.25. The summed E-state index contributed by atoms with van der Waals surface area (Å²) in [5.41, 5.74) is 16.5. The molecule has 0 radical (unpaired) electrons. The number of urea groups is 1. The normalized spacial score (nSPS) is 15.4. The third-order valence-electron chi connectivity index (χ3n) is 9.39. The van der Waals surface area contributed by atoms with E-state index in [0.29, 0.717) is 57.3 Å². The Morgan fingerprint density at radius 3 is 1.98 bits per heavy atom. The van der Waals surface area contributed by atoms with Gasteiger partial charge in [0.1, 0.15) is 0 Å². The first-order chi connectivity index (χ1) is 25.1. The molecule has 0 spiro atoms. The van der Waals surface area contributed by atoms with E-state index in [9.17, 15) is 29.7 Å². The van der Waals surface area contributed by atoms with Crippen LogP contribution in [-0.2, 0) is 35.6 Å². The number of nitrogens with two attached hydrogens (primary N) is 2. The van der Waals surface area contributed by atoms with E-state index in [1.165, 1.54) is 17.7 Å². The van der Waals surface area contributed by atoms with Crippen LogP contribution in [-0.4, -0.2) is 118 Å². The minimum absolute atomic E-state index is 0.0549. The number of carbonyl (C=O) groups is 3. The molecule has 10 N–H and O–H groups in total. The number of piperidine rings is 1. The van der Waals surface area contributed by atoms with Crippen LogP contribution in [0.4, 0.5) is 4.79 Å².